The van der Waals surface area contributed by atoms with Crippen LogP contribution in [0.4, 0.5) is 0 Å². The third-order valence-electron chi connectivity index (χ3n) is 5.97. The predicted molar refractivity (Wildman–Crippen MR) is 117 cm³/mol. The van der Waals surface area contributed by atoms with E-state index in [1.54, 1.807) is 0 Å². The summed E-state index contributed by atoms with van der Waals surface area (Å²) in [6.07, 6.45) is 2.15. The van der Waals surface area contributed by atoms with Gasteiger partial charge in [-0.2, -0.15) is 0 Å². The molecule has 128 valence electrons. The Morgan fingerprint density at radius 3 is 1.41 bits per heavy atom. The van der Waals surface area contributed by atoms with E-state index in [0.29, 0.717) is 8.58 Å². The standard InChI is InChI=1S/C26H19P/c1-3-9-19-17(7-1)15-23-21(19)11-5-13-25(23)27-26-14-6-12-22-20-10-4-2-8-18(20)16-24(22)26/h1-14,27H,15-16H2. The lowest BCUT2D eigenvalue weighted by atomic mass is 10.1. The smallest absolute Gasteiger partial charge is 0.000709 e. The first-order valence-electron chi connectivity index (χ1n) is 9.56. The highest BCUT2D eigenvalue weighted by Gasteiger charge is 2.23. The Balaban J connectivity index is 1.43. The second-order valence-corrected chi connectivity index (χ2v) is 8.78. The van der Waals surface area contributed by atoms with Crippen LogP contribution < -0.4 is 10.6 Å². The van der Waals surface area contributed by atoms with Gasteiger partial charge in [-0.25, -0.2) is 0 Å². The Kier molecular flexibility index (Phi) is 3.37. The normalized spacial score (nSPS) is 13.0. The number of rotatable bonds is 2. The molecule has 0 amide bonds. The molecule has 0 aromatic heterocycles. The van der Waals surface area contributed by atoms with Crippen molar-refractivity contribution in [1.82, 2.24) is 0 Å². The molecule has 2 aliphatic rings. The highest BCUT2D eigenvalue weighted by atomic mass is 31.1. The fourth-order valence-electron chi connectivity index (χ4n) is 4.69. The molecule has 0 unspecified atom stereocenters. The van der Waals surface area contributed by atoms with Crippen LogP contribution in [0.2, 0.25) is 0 Å². The maximum absolute atomic E-state index is 2.34. The number of benzene rings is 4. The van der Waals surface area contributed by atoms with Crippen LogP contribution in [0.3, 0.4) is 0 Å². The molecule has 0 radical (unpaired) electrons. The highest BCUT2D eigenvalue weighted by Crippen LogP contribution is 2.39. The molecule has 2 aliphatic carbocycles. The summed E-state index contributed by atoms with van der Waals surface area (Å²) in [6.45, 7) is 0. The number of hydrogen-bond donors (Lipinski definition) is 0. The molecule has 1 heteroatoms. The summed E-state index contributed by atoms with van der Waals surface area (Å²) in [5.41, 5.74) is 11.7. The van der Waals surface area contributed by atoms with E-state index < -0.39 is 0 Å². The number of fused-ring (bicyclic) bond motifs is 6. The molecule has 0 fully saturated rings. The van der Waals surface area contributed by atoms with Gasteiger partial charge in [-0.3, -0.25) is 0 Å². The molecule has 4 aromatic carbocycles. The van der Waals surface area contributed by atoms with Gasteiger partial charge in [0.2, 0.25) is 0 Å². The van der Waals surface area contributed by atoms with Gasteiger partial charge < -0.3 is 0 Å². The van der Waals surface area contributed by atoms with Gasteiger partial charge in [0, 0.05) is 0 Å². The van der Waals surface area contributed by atoms with Gasteiger partial charge in [-0.05, 0) is 68.0 Å². The van der Waals surface area contributed by atoms with Crippen molar-refractivity contribution in [3.8, 4) is 22.3 Å². The molecule has 0 aliphatic heterocycles. The summed E-state index contributed by atoms with van der Waals surface area (Å²) >= 11 is 0. The van der Waals surface area contributed by atoms with Crippen LogP contribution >= 0.6 is 8.58 Å². The van der Waals surface area contributed by atoms with Gasteiger partial charge in [0.05, 0.1) is 0 Å². The average molecular weight is 362 g/mol. The molecule has 0 spiro atoms. The topological polar surface area (TPSA) is 0 Å². The maximum atomic E-state index is 2.34. The Hall–Kier alpha value is -2.69. The van der Waals surface area contributed by atoms with E-state index >= 15 is 0 Å². The first kappa shape index (κ1) is 15.4. The minimum atomic E-state index is 0.716. The molecule has 0 N–H and O–H groups in total. The summed E-state index contributed by atoms with van der Waals surface area (Å²) < 4.78 is 0. The van der Waals surface area contributed by atoms with Gasteiger partial charge in [0.1, 0.15) is 0 Å². The molecule has 4 aromatic rings. The van der Waals surface area contributed by atoms with E-state index in [1.807, 2.05) is 0 Å². The first-order valence-corrected chi connectivity index (χ1v) is 10.6. The lowest BCUT2D eigenvalue weighted by Gasteiger charge is -2.12. The fraction of sp³-hybridized carbons (Fsp3) is 0.0769. The van der Waals surface area contributed by atoms with E-state index in [9.17, 15) is 0 Å². The Morgan fingerprint density at radius 2 is 0.889 bits per heavy atom. The van der Waals surface area contributed by atoms with E-state index in [4.69, 9.17) is 0 Å². The summed E-state index contributed by atoms with van der Waals surface area (Å²) in [5.74, 6) is 0. The summed E-state index contributed by atoms with van der Waals surface area (Å²) in [5, 5.41) is 3.01. The van der Waals surface area contributed by atoms with Gasteiger partial charge in [-0.15, -0.1) is 0 Å². The molecular weight excluding hydrogens is 343 g/mol. The van der Waals surface area contributed by atoms with Crippen molar-refractivity contribution in [1.29, 1.82) is 0 Å². The minimum absolute atomic E-state index is 0.716. The zero-order valence-electron chi connectivity index (χ0n) is 15.0. The third kappa shape index (κ3) is 2.34. The van der Waals surface area contributed by atoms with Gasteiger partial charge >= 0.3 is 0 Å². The van der Waals surface area contributed by atoms with Crippen LogP contribution in [0, 0.1) is 0 Å². The van der Waals surface area contributed by atoms with Crippen molar-refractivity contribution in [2.75, 3.05) is 0 Å². The van der Waals surface area contributed by atoms with E-state index in [2.05, 4.69) is 84.9 Å². The van der Waals surface area contributed by atoms with Crippen molar-refractivity contribution >= 4 is 19.2 Å². The molecule has 6 rings (SSSR count). The van der Waals surface area contributed by atoms with Crippen LogP contribution in [-0.2, 0) is 12.8 Å². The Bertz CT molecular complexity index is 1110. The van der Waals surface area contributed by atoms with Crippen LogP contribution in [0.25, 0.3) is 22.3 Å². The minimum Gasteiger partial charge on any atom is -0.0619 e. The first-order chi connectivity index (χ1) is 13.4. The van der Waals surface area contributed by atoms with Gasteiger partial charge in [0.15, 0.2) is 0 Å². The van der Waals surface area contributed by atoms with Gasteiger partial charge in [-0.1, -0.05) is 93.5 Å². The third-order valence-corrected chi connectivity index (χ3v) is 7.45. The molecule has 27 heavy (non-hydrogen) atoms. The van der Waals surface area contributed by atoms with Crippen molar-refractivity contribution in [2.45, 2.75) is 12.8 Å². The average Bonchev–Trinajstić information content (AvgIpc) is 3.28. The maximum Gasteiger partial charge on any atom is -0.000709 e. The zero-order chi connectivity index (χ0) is 17.8. The summed E-state index contributed by atoms with van der Waals surface area (Å²) in [4.78, 5) is 0. The zero-order valence-corrected chi connectivity index (χ0v) is 16.0. The van der Waals surface area contributed by atoms with Crippen molar-refractivity contribution in [3.63, 3.8) is 0 Å². The Labute approximate surface area is 161 Å². The highest BCUT2D eigenvalue weighted by molar-refractivity contribution is 7.55. The molecule has 0 atom stereocenters. The second-order valence-electron chi connectivity index (χ2n) is 7.46. The van der Waals surface area contributed by atoms with Crippen molar-refractivity contribution < 1.29 is 0 Å². The van der Waals surface area contributed by atoms with E-state index in [0.717, 1.165) is 12.8 Å². The second kappa shape index (κ2) is 5.91. The fourth-order valence-corrected chi connectivity index (χ4v) is 6.09. The molecular formula is C26H19P. The lowest BCUT2D eigenvalue weighted by Crippen LogP contribution is -2.12. The van der Waals surface area contributed by atoms with Crippen molar-refractivity contribution in [3.05, 3.63) is 107 Å². The monoisotopic (exact) mass is 362 g/mol. The molecule has 0 heterocycles. The van der Waals surface area contributed by atoms with Gasteiger partial charge in [0.25, 0.3) is 0 Å². The molecule has 0 nitrogen and oxygen atoms in total. The van der Waals surface area contributed by atoms with Crippen LogP contribution in [0.1, 0.15) is 22.3 Å². The summed E-state index contributed by atoms with van der Waals surface area (Å²) in [6, 6.07) is 31.5. The Morgan fingerprint density at radius 1 is 0.444 bits per heavy atom. The molecule has 0 saturated carbocycles. The molecule has 0 saturated heterocycles. The van der Waals surface area contributed by atoms with Crippen LogP contribution in [0.5, 0.6) is 0 Å². The van der Waals surface area contributed by atoms with E-state index in [-0.39, 0.29) is 0 Å². The van der Waals surface area contributed by atoms with Crippen LogP contribution in [-0.4, -0.2) is 0 Å². The predicted octanol–water partition coefficient (Wildman–Crippen LogP) is 5.46. The van der Waals surface area contributed by atoms with Crippen LogP contribution in [0.15, 0.2) is 84.9 Å². The molecule has 0 bridgehead atoms. The van der Waals surface area contributed by atoms with Crippen molar-refractivity contribution in [2.24, 2.45) is 0 Å². The SMILES string of the molecule is c1ccc2c(c1)Cc1c(Pc3cccc4c3Cc3ccccc3-4)cccc1-2. The largest absolute Gasteiger partial charge is 0.0619 e. The number of hydrogen-bond acceptors (Lipinski definition) is 0. The van der Waals surface area contributed by atoms with E-state index in [1.165, 1.54) is 55.1 Å². The summed E-state index contributed by atoms with van der Waals surface area (Å²) in [7, 11) is 0.716. The lowest BCUT2D eigenvalue weighted by molar-refractivity contribution is 1.28. The quantitative estimate of drug-likeness (QED) is 0.359.